The molecule has 1 aromatic heterocycles. The highest BCUT2D eigenvalue weighted by Crippen LogP contribution is 2.22. The Morgan fingerprint density at radius 1 is 1.50 bits per heavy atom. The second-order valence-electron chi connectivity index (χ2n) is 3.58. The van der Waals surface area contributed by atoms with Crippen LogP contribution in [-0.4, -0.2) is 9.55 Å². The van der Waals surface area contributed by atoms with Gasteiger partial charge in [0.1, 0.15) is 5.82 Å². The van der Waals surface area contributed by atoms with Gasteiger partial charge in [0.25, 0.3) is 0 Å². The van der Waals surface area contributed by atoms with Crippen molar-refractivity contribution in [2.75, 3.05) is 0 Å². The van der Waals surface area contributed by atoms with Gasteiger partial charge < -0.3 is 10.3 Å². The summed E-state index contributed by atoms with van der Waals surface area (Å²) in [5.41, 5.74) is 7.54. The average molecular weight is 284 g/mol. The van der Waals surface area contributed by atoms with E-state index in [1.54, 1.807) is 24.7 Å². The molecule has 16 heavy (non-hydrogen) atoms. The van der Waals surface area contributed by atoms with Gasteiger partial charge in [0.15, 0.2) is 0 Å². The van der Waals surface area contributed by atoms with E-state index in [4.69, 9.17) is 5.73 Å². The monoisotopic (exact) mass is 283 g/mol. The number of rotatable bonds is 2. The summed E-state index contributed by atoms with van der Waals surface area (Å²) in [6, 6.07) is 4.67. The SMILES string of the molecule is CC(N)c1cncn1-c1ccc(F)c(Br)c1. The quantitative estimate of drug-likeness (QED) is 0.921. The van der Waals surface area contributed by atoms with Crippen LogP contribution in [0.25, 0.3) is 5.69 Å². The standard InChI is InChI=1S/C11H11BrFN3/c1-7(14)11-5-15-6-16(11)8-2-3-10(13)9(12)4-8/h2-7H,14H2,1H3. The Morgan fingerprint density at radius 2 is 2.25 bits per heavy atom. The molecular formula is C11H11BrFN3. The van der Waals surface area contributed by atoms with Crippen LogP contribution in [0.15, 0.2) is 35.2 Å². The smallest absolute Gasteiger partial charge is 0.137 e. The topological polar surface area (TPSA) is 43.8 Å². The second-order valence-corrected chi connectivity index (χ2v) is 4.43. The molecule has 5 heteroatoms. The third-order valence-electron chi connectivity index (χ3n) is 2.31. The number of nitrogens with zero attached hydrogens (tertiary/aromatic N) is 2. The lowest BCUT2D eigenvalue weighted by Crippen LogP contribution is -2.10. The van der Waals surface area contributed by atoms with Crippen LogP contribution >= 0.6 is 15.9 Å². The molecule has 0 fully saturated rings. The zero-order chi connectivity index (χ0) is 11.7. The van der Waals surface area contributed by atoms with Crippen LogP contribution in [0.5, 0.6) is 0 Å². The van der Waals surface area contributed by atoms with Crippen LogP contribution in [0, 0.1) is 5.82 Å². The van der Waals surface area contributed by atoms with Crippen molar-refractivity contribution in [1.82, 2.24) is 9.55 Å². The summed E-state index contributed by atoms with van der Waals surface area (Å²) >= 11 is 3.15. The van der Waals surface area contributed by atoms with Gasteiger partial charge >= 0.3 is 0 Å². The number of aromatic nitrogens is 2. The van der Waals surface area contributed by atoms with Crippen LogP contribution < -0.4 is 5.73 Å². The van der Waals surface area contributed by atoms with Crippen molar-refractivity contribution in [2.45, 2.75) is 13.0 Å². The van der Waals surface area contributed by atoms with E-state index in [-0.39, 0.29) is 11.9 Å². The zero-order valence-electron chi connectivity index (χ0n) is 8.69. The van der Waals surface area contributed by atoms with Crippen LogP contribution in [0.4, 0.5) is 4.39 Å². The fourth-order valence-corrected chi connectivity index (χ4v) is 1.86. The molecular weight excluding hydrogens is 273 g/mol. The largest absolute Gasteiger partial charge is 0.323 e. The molecule has 1 aromatic carbocycles. The Balaban J connectivity index is 2.50. The molecule has 0 aliphatic rings. The lowest BCUT2D eigenvalue weighted by molar-refractivity contribution is 0.620. The van der Waals surface area contributed by atoms with E-state index in [9.17, 15) is 4.39 Å². The van der Waals surface area contributed by atoms with E-state index in [0.29, 0.717) is 4.47 Å². The number of halogens is 2. The van der Waals surface area contributed by atoms with Crippen molar-refractivity contribution >= 4 is 15.9 Å². The predicted molar refractivity (Wildman–Crippen MR) is 63.8 cm³/mol. The Morgan fingerprint density at radius 3 is 2.88 bits per heavy atom. The van der Waals surface area contributed by atoms with Crippen molar-refractivity contribution in [2.24, 2.45) is 5.73 Å². The summed E-state index contributed by atoms with van der Waals surface area (Å²) in [7, 11) is 0. The summed E-state index contributed by atoms with van der Waals surface area (Å²) in [6.45, 7) is 1.88. The first kappa shape index (κ1) is 11.3. The molecule has 0 aliphatic heterocycles. The van der Waals surface area contributed by atoms with Crippen LogP contribution in [0.3, 0.4) is 0 Å². The molecule has 0 bridgehead atoms. The van der Waals surface area contributed by atoms with E-state index in [0.717, 1.165) is 11.4 Å². The highest BCUT2D eigenvalue weighted by molar-refractivity contribution is 9.10. The van der Waals surface area contributed by atoms with Crippen LogP contribution in [-0.2, 0) is 0 Å². The third-order valence-corrected chi connectivity index (χ3v) is 2.92. The molecule has 0 saturated heterocycles. The maximum absolute atomic E-state index is 13.1. The third kappa shape index (κ3) is 2.01. The van der Waals surface area contributed by atoms with Gasteiger partial charge in [-0.3, -0.25) is 0 Å². The Kier molecular flexibility index (Phi) is 3.07. The Labute approximate surface area is 101 Å². The zero-order valence-corrected chi connectivity index (χ0v) is 10.3. The van der Waals surface area contributed by atoms with E-state index >= 15 is 0 Å². The van der Waals surface area contributed by atoms with Gasteiger partial charge in [-0.1, -0.05) is 0 Å². The summed E-state index contributed by atoms with van der Waals surface area (Å²) in [6.07, 6.45) is 3.38. The van der Waals surface area contributed by atoms with Gasteiger partial charge in [0.2, 0.25) is 0 Å². The van der Waals surface area contributed by atoms with Gasteiger partial charge in [-0.25, -0.2) is 9.37 Å². The van der Waals surface area contributed by atoms with Crippen molar-refractivity contribution in [3.8, 4) is 5.69 Å². The van der Waals surface area contributed by atoms with Gasteiger partial charge in [-0.05, 0) is 41.1 Å². The minimum atomic E-state index is -0.286. The summed E-state index contributed by atoms with van der Waals surface area (Å²) < 4.78 is 15.4. The predicted octanol–water partition coefficient (Wildman–Crippen LogP) is 2.79. The van der Waals surface area contributed by atoms with E-state index in [2.05, 4.69) is 20.9 Å². The normalized spacial score (nSPS) is 12.8. The maximum Gasteiger partial charge on any atom is 0.137 e. The van der Waals surface area contributed by atoms with Crippen LogP contribution in [0.1, 0.15) is 18.7 Å². The molecule has 84 valence electrons. The maximum atomic E-state index is 13.1. The highest BCUT2D eigenvalue weighted by atomic mass is 79.9. The lowest BCUT2D eigenvalue weighted by atomic mass is 10.2. The molecule has 0 amide bonds. The minimum absolute atomic E-state index is 0.119. The average Bonchev–Trinajstić information content (AvgIpc) is 2.71. The van der Waals surface area contributed by atoms with E-state index in [1.807, 2.05) is 11.5 Å². The van der Waals surface area contributed by atoms with Crippen molar-refractivity contribution in [3.05, 3.63) is 46.7 Å². The highest BCUT2D eigenvalue weighted by Gasteiger charge is 2.09. The molecule has 0 saturated carbocycles. The first-order valence-electron chi connectivity index (χ1n) is 4.83. The number of nitrogens with two attached hydrogens (primary N) is 1. The molecule has 3 nitrogen and oxygen atoms in total. The fourth-order valence-electron chi connectivity index (χ4n) is 1.49. The van der Waals surface area contributed by atoms with E-state index in [1.165, 1.54) is 6.07 Å². The molecule has 2 rings (SSSR count). The van der Waals surface area contributed by atoms with E-state index < -0.39 is 0 Å². The summed E-state index contributed by atoms with van der Waals surface area (Å²) in [4.78, 5) is 4.05. The Bertz CT molecular complexity index is 508. The lowest BCUT2D eigenvalue weighted by Gasteiger charge is -2.11. The van der Waals surface area contributed by atoms with Gasteiger partial charge in [-0.2, -0.15) is 0 Å². The Hall–Kier alpha value is -1.20. The minimum Gasteiger partial charge on any atom is -0.323 e. The van der Waals surface area contributed by atoms with Gasteiger partial charge in [0.05, 0.1) is 22.7 Å². The van der Waals surface area contributed by atoms with Crippen LogP contribution in [0.2, 0.25) is 0 Å². The van der Waals surface area contributed by atoms with Crippen molar-refractivity contribution in [1.29, 1.82) is 0 Å². The number of benzene rings is 1. The molecule has 0 radical (unpaired) electrons. The van der Waals surface area contributed by atoms with Gasteiger partial charge in [-0.15, -0.1) is 0 Å². The number of hydrogen-bond acceptors (Lipinski definition) is 2. The van der Waals surface area contributed by atoms with Gasteiger partial charge in [0, 0.05) is 11.7 Å². The molecule has 1 atom stereocenters. The molecule has 0 aliphatic carbocycles. The molecule has 2 N–H and O–H groups in total. The van der Waals surface area contributed by atoms with Crippen molar-refractivity contribution in [3.63, 3.8) is 0 Å². The first-order chi connectivity index (χ1) is 7.59. The summed E-state index contributed by atoms with van der Waals surface area (Å²) in [5, 5.41) is 0. The molecule has 1 unspecified atom stereocenters. The molecule has 2 aromatic rings. The van der Waals surface area contributed by atoms with Crippen molar-refractivity contribution < 1.29 is 4.39 Å². The molecule has 0 spiro atoms. The molecule has 1 heterocycles. The second kappa shape index (κ2) is 4.35. The number of hydrogen-bond donors (Lipinski definition) is 1. The number of imidazole rings is 1. The summed E-state index contributed by atoms with van der Waals surface area (Å²) in [5.74, 6) is -0.286. The first-order valence-corrected chi connectivity index (χ1v) is 5.62. The fraction of sp³-hybridized carbons (Fsp3) is 0.182.